The Bertz CT molecular complexity index is 1970. The van der Waals surface area contributed by atoms with Gasteiger partial charge in [0.1, 0.15) is 11.2 Å². The third kappa shape index (κ3) is 5.67. The van der Waals surface area contributed by atoms with E-state index >= 15 is 4.39 Å². The van der Waals surface area contributed by atoms with Crippen LogP contribution in [0, 0.1) is 11.6 Å². The van der Waals surface area contributed by atoms with Crippen LogP contribution in [-0.4, -0.2) is 58.2 Å². The average Bonchev–Trinajstić information content (AvgIpc) is 3.36. The molecule has 12 nitrogen and oxygen atoms in total. The van der Waals surface area contributed by atoms with Crippen molar-refractivity contribution in [1.82, 2.24) is 29.3 Å². The Hall–Kier alpha value is -5.34. The number of methoxy groups -OCH3 is 1. The number of hydroxylamine groups is 1. The van der Waals surface area contributed by atoms with Gasteiger partial charge < -0.3 is 15.0 Å². The van der Waals surface area contributed by atoms with E-state index in [4.69, 9.17) is 4.74 Å². The monoisotopic (exact) mass is 605 g/mol. The Morgan fingerprint density at radius 1 is 0.977 bits per heavy atom. The van der Waals surface area contributed by atoms with Crippen LogP contribution >= 0.6 is 0 Å². The van der Waals surface area contributed by atoms with Crippen LogP contribution in [0.3, 0.4) is 0 Å². The molecule has 5 rings (SSSR count). The third-order valence-corrected chi connectivity index (χ3v) is 6.78. The molecule has 0 unspecified atom stereocenters. The van der Waals surface area contributed by atoms with Crippen molar-refractivity contribution in [2.75, 3.05) is 33.6 Å². The van der Waals surface area contributed by atoms with Crippen LogP contribution < -0.4 is 26.8 Å². The number of hydrogen-bond acceptors (Lipinski definition) is 7. The van der Waals surface area contributed by atoms with E-state index < -0.39 is 28.9 Å². The van der Waals surface area contributed by atoms with E-state index in [1.54, 1.807) is 49.3 Å². The number of benzene rings is 3. The molecule has 0 saturated carbocycles. The minimum atomic E-state index is -0.914. The smallest absolute Gasteiger partial charge is 0.343 e. The Morgan fingerprint density at radius 3 is 2.36 bits per heavy atom. The van der Waals surface area contributed by atoms with Crippen molar-refractivity contribution in [2.24, 2.45) is 0 Å². The molecule has 0 aliphatic heterocycles. The standard InChI is InChI=1S/C30H29F2N7O5/c1-36(2)17-23-25-27(34-39(23)20-14-12-19(13-15-20)33-29(41)35-44-4)37(16-18-8-5-6-9-21(18)31)30(42)38(28(25)40)22-10-7-11-24(43-3)26(22)32/h5-15H,16-17H2,1-4H3,(H2,33,35,41). The van der Waals surface area contributed by atoms with Gasteiger partial charge in [-0.1, -0.05) is 24.3 Å². The lowest BCUT2D eigenvalue weighted by Crippen LogP contribution is -2.40. The number of rotatable bonds is 9. The normalized spacial score (nSPS) is 11.2. The van der Waals surface area contributed by atoms with E-state index in [0.717, 1.165) is 4.57 Å². The van der Waals surface area contributed by atoms with Crippen LogP contribution in [0.25, 0.3) is 22.4 Å². The second-order valence-corrected chi connectivity index (χ2v) is 10.00. The SMILES string of the molecule is CONC(=O)Nc1ccc(-n2nc3c(c2CN(C)C)c(=O)n(-c2cccc(OC)c2F)c(=O)n3Cc2ccccc2F)cc1. The molecule has 44 heavy (non-hydrogen) atoms. The minimum absolute atomic E-state index is 0.0127. The van der Waals surface area contributed by atoms with Crippen molar-refractivity contribution < 1.29 is 23.1 Å². The molecule has 0 atom stereocenters. The molecule has 0 aliphatic rings. The van der Waals surface area contributed by atoms with Crippen molar-refractivity contribution in [3.05, 3.63) is 110 Å². The van der Waals surface area contributed by atoms with Crippen molar-refractivity contribution in [2.45, 2.75) is 13.1 Å². The van der Waals surface area contributed by atoms with Crippen LogP contribution in [0.1, 0.15) is 11.3 Å². The summed E-state index contributed by atoms with van der Waals surface area (Å²) in [5.41, 5.74) is 1.61. The Labute approximate surface area is 249 Å². The first-order valence-electron chi connectivity index (χ1n) is 13.3. The van der Waals surface area contributed by atoms with Gasteiger partial charge in [-0.05, 0) is 56.6 Å². The van der Waals surface area contributed by atoms with Gasteiger partial charge in [-0.3, -0.25) is 14.2 Å². The highest BCUT2D eigenvalue weighted by Gasteiger charge is 2.26. The van der Waals surface area contributed by atoms with E-state index in [9.17, 15) is 18.8 Å². The second kappa shape index (κ2) is 12.5. The summed E-state index contributed by atoms with van der Waals surface area (Å²) in [7, 11) is 6.16. The lowest BCUT2D eigenvalue weighted by molar-refractivity contribution is 0.114. The number of ether oxygens (including phenoxy) is 1. The van der Waals surface area contributed by atoms with E-state index in [1.807, 2.05) is 0 Å². The van der Waals surface area contributed by atoms with Gasteiger partial charge in [0.25, 0.3) is 5.56 Å². The quantitative estimate of drug-likeness (QED) is 0.247. The van der Waals surface area contributed by atoms with E-state index in [2.05, 4.69) is 20.7 Å². The van der Waals surface area contributed by atoms with Crippen LogP contribution in [-0.2, 0) is 17.9 Å². The number of nitrogens with zero attached hydrogens (tertiary/aromatic N) is 5. The highest BCUT2D eigenvalue weighted by Crippen LogP contribution is 2.25. The number of anilines is 1. The molecule has 2 N–H and O–H groups in total. The van der Waals surface area contributed by atoms with Crippen molar-refractivity contribution in [3.8, 4) is 17.1 Å². The van der Waals surface area contributed by atoms with E-state index in [0.29, 0.717) is 21.6 Å². The molecule has 2 amide bonds. The van der Waals surface area contributed by atoms with Gasteiger partial charge in [0, 0.05) is 17.8 Å². The lowest BCUT2D eigenvalue weighted by Gasteiger charge is -2.15. The number of hydrogen-bond donors (Lipinski definition) is 2. The molecular weight excluding hydrogens is 576 g/mol. The fourth-order valence-electron chi connectivity index (χ4n) is 4.83. The van der Waals surface area contributed by atoms with Crippen molar-refractivity contribution in [1.29, 1.82) is 0 Å². The number of urea groups is 1. The predicted octanol–water partition coefficient (Wildman–Crippen LogP) is 3.42. The van der Waals surface area contributed by atoms with Crippen LogP contribution in [0.15, 0.2) is 76.3 Å². The molecule has 0 saturated heterocycles. The maximum Gasteiger partial charge on any atom is 0.343 e. The maximum absolute atomic E-state index is 15.5. The number of aromatic nitrogens is 4. The zero-order chi connectivity index (χ0) is 31.5. The third-order valence-electron chi connectivity index (χ3n) is 6.78. The van der Waals surface area contributed by atoms with Gasteiger partial charge in [-0.2, -0.15) is 0 Å². The van der Waals surface area contributed by atoms with Gasteiger partial charge >= 0.3 is 11.7 Å². The van der Waals surface area contributed by atoms with Gasteiger partial charge in [0.05, 0.1) is 37.8 Å². The number of halogens is 2. The summed E-state index contributed by atoms with van der Waals surface area (Å²) < 4.78 is 38.8. The minimum Gasteiger partial charge on any atom is -0.494 e. The summed E-state index contributed by atoms with van der Waals surface area (Å²) in [4.78, 5) is 46.5. The van der Waals surface area contributed by atoms with Crippen molar-refractivity contribution in [3.63, 3.8) is 0 Å². The Morgan fingerprint density at radius 2 is 1.70 bits per heavy atom. The predicted molar refractivity (Wildman–Crippen MR) is 159 cm³/mol. The highest BCUT2D eigenvalue weighted by atomic mass is 19.1. The van der Waals surface area contributed by atoms with Crippen molar-refractivity contribution >= 4 is 22.8 Å². The average molecular weight is 606 g/mol. The molecule has 0 fully saturated rings. The fraction of sp³-hybridized carbons (Fsp3) is 0.200. The van der Waals surface area contributed by atoms with E-state index in [-0.39, 0.29) is 41.1 Å². The molecule has 3 aromatic carbocycles. The highest BCUT2D eigenvalue weighted by molar-refractivity contribution is 5.88. The number of nitrogens with one attached hydrogen (secondary N) is 2. The molecule has 14 heteroatoms. The van der Waals surface area contributed by atoms with Gasteiger partial charge in [0.15, 0.2) is 17.2 Å². The zero-order valence-corrected chi connectivity index (χ0v) is 24.3. The maximum atomic E-state index is 15.5. The molecule has 5 aromatic rings. The molecule has 0 bridgehead atoms. The largest absolute Gasteiger partial charge is 0.494 e. The van der Waals surface area contributed by atoms with Crippen LogP contribution in [0.4, 0.5) is 19.3 Å². The van der Waals surface area contributed by atoms with Gasteiger partial charge in [0.2, 0.25) is 0 Å². The summed E-state index contributed by atoms with van der Waals surface area (Å²) in [6, 6.07) is 16.0. The molecule has 0 spiro atoms. The summed E-state index contributed by atoms with van der Waals surface area (Å²) in [6.07, 6.45) is 0. The Balaban J connectivity index is 1.81. The second-order valence-electron chi connectivity index (χ2n) is 10.00. The number of amides is 2. The van der Waals surface area contributed by atoms with Gasteiger partial charge in [-0.15, -0.1) is 5.10 Å². The summed E-state index contributed by atoms with van der Waals surface area (Å²) in [5, 5.41) is 7.31. The Kier molecular flexibility index (Phi) is 8.55. The molecule has 0 radical (unpaired) electrons. The summed E-state index contributed by atoms with van der Waals surface area (Å²) in [5.74, 6) is -1.63. The number of carbonyl (C=O) groups is 1. The number of carbonyl (C=O) groups excluding carboxylic acids is 1. The summed E-state index contributed by atoms with van der Waals surface area (Å²) in [6.45, 7) is -0.0930. The lowest BCUT2D eigenvalue weighted by atomic mass is 10.2. The first-order valence-corrected chi connectivity index (χ1v) is 13.3. The van der Waals surface area contributed by atoms with Crippen LogP contribution in [0.2, 0.25) is 0 Å². The first kappa shape index (κ1) is 30.1. The topological polar surface area (TPSA) is 125 Å². The molecule has 2 heterocycles. The van der Waals surface area contributed by atoms with E-state index in [1.165, 1.54) is 55.3 Å². The fourth-order valence-corrected chi connectivity index (χ4v) is 4.83. The molecule has 228 valence electrons. The first-order chi connectivity index (χ1) is 21.1. The molecular formula is C30H29F2N7O5. The van der Waals surface area contributed by atoms with Crippen LogP contribution in [0.5, 0.6) is 5.75 Å². The van der Waals surface area contributed by atoms with Gasteiger partial charge in [-0.25, -0.2) is 33.1 Å². The molecule has 2 aromatic heterocycles. The zero-order valence-electron chi connectivity index (χ0n) is 24.3. The molecule has 0 aliphatic carbocycles. The number of fused-ring (bicyclic) bond motifs is 1. The summed E-state index contributed by atoms with van der Waals surface area (Å²) >= 11 is 0.